The first-order valence-electron chi connectivity index (χ1n) is 7.39. The highest BCUT2D eigenvalue weighted by Crippen LogP contribution is 2.23. The number of carbonyl (C=O) groups is 1. The third kappa shape index (κ3) is 6.62. The second-order valence-corrected chi connectivity index (χ2v) is 5.05. The first kappa shape index (κ1) is 18.4. The van der Waals surface area contributed by atoms with E-state index in [1.807, 2.05) is 24.3 Å². The van der Waals surface area contributed by atoms with Gasteiger partial charge in [-0.05, 0) is 48.4 Å². The lowest BCUT2D eigenvalue weighted by molar-refractivity contribution is -0.274. The Morgan fingerprint density at radius 1 is 1.00 bits per heavy atom. The third-order valence-electron chi connectivity index (χ3n) is 3.20. The lowest BCUT2D eigenvalue weighted by Gasteiger charge is -2.10. The molecule has 2 N–H and O–H groups in total. The minimum atomic E-state index is -4.74. The Balaban J connectivity index is 1.76. The molecule has 2 aromatic carbocycles. The van der Waals surface area contributed by atoms with Crippen LogP contribution in [0, 0.1) is 0 Å². The largest absolute Gasteiger partial charge is 0.573 e. The van der Waals surface area contributed by atoms with E-state index in [0.29, 0.717) is 18.7 Å². The molecule has 0 fully saturated rings. The van der Waals surface area contributed by atoms with Gasteiger partial charge < -0.3 is 20.1 Å². The maximum atomic E-state index is 12.1. The zero-order valence-corrected chi connectivity index (χ0v) is 13.4. The van der Waals surface area contributed by atoms with E-state index in [4.69, 9.17) is 4.74 Å². The number of methoxy groups -OCH3 is 1. The monoisotopic (exact) mass is 354 g/mol. The van der Waals surface area contributed by atoms with Crippen molar-refractivity contribution in [1.82, 2.24) is 5.32 Å². The Morgan fingerprint density at radius 3 is 2.16 bits per heavy atom. The Morgan fingerprint density at radius 2 is 1.60 bits per heavy atom. The number of carbonyl (C=O) groups excluding carboxylic acids is 1. The summed E-state index contributed by atoms with van der Waals surface area (Å²) in [7, 11) is 1.59. The molecule has 0 saturated carbocycles. The van der Waals surface area contributed by atoms with Crippen LogP contribution in [0.4, 0.5) is 23.7 Å². The molecule has 0 aliphatic carbocycles. The molecule has 0 radical (unpaired) electrons. The van der Waals surface area contributed by atoms with Crippen LogP contribution >= 0.6 is 0 Å². The van der Waals surface area contributed by atoms with Crippen LogP contribution in [0.1, 0.15) is 5.56 Å². The zero-order valence-electron chi connectivity index (χ0n) is 13.4. The van der Waals surface area contributed by atoms with Gasteiger partial charge in [-0.2, -0.15) is 0 Å². The number of urea groups is 1. The number of hydrogen-bond acceptors (Lipinski definition) is 3. The van der Waals surface area contributed by atoms with Crippen LogP contribution in [0.3, 0.4) is 0 Å². The van der Waals surface area contributed by atoms with Crippen LogP contribution in [-0.4, -0.2) is 26.0 Å². The Bertz CT molecular complexity index is 686. The van der Waals surface area contributed by atoms with E-state index in [1.54, 1.807) is 7.11 Å². The summed E-state index contributed by atoms with van der Waals surface area (Å²) in [5.41, 5.74) is 1.39. The van der Waals surface area contributed by atoms with Crippen molar-refractivity contribution in [1.29, 1.82) is 0 Å². The Hall–Kier alpha value is -2.90. The summed E-state index contributed by atoms with van der Waals surface area (Å²) in [6, 6.07) is 11.9. The second kappa shape index (κ2) is 8.27. The fraction of sp³-hybridized carbons (Fsp3) is 0.235. The minimum Gasteiger partial charge on any atom is -0.497 e. The molecule has 0 unspecified atom stereocenters. The van der Waals surface area contributed by atoms with Gasteiger partial charge in [0.05, 0.1) is 7.11 Å². The van der Waals surface area contributed by atoms with Crippen LogP contribution in [-0.2, 0) is 6.42 Å². The number of alkyl halides is 3. The van der Waals surface area contributed by atoms with Gasteiger partial charge in [0.25, 0.3) is 0 Å². The van der Waals surface area contributed by atoms with Gasteiger partial charge in [-0.1, -0.05) is 12.1 Å². The maximum absolute atomic E-state index is 12.1. The lowest BCUT2D eigenvalue weighted by atomic mass is 10.1. The number of hydrogen-bond donors (Lipinski definition) is 2. The van der Waals surface area contributed by atoms with Gasteiger partial charge in [-0.3, -0.25) is 0 Å². The first-order valence-corrected chi connectivity index (χ1v) is 7.39. The molecule has 0 heterocycles. The summed E-state index contributed by atoms with van der Waals surface area (Å²) < 4.78 is 45.0. The minimum absolute atomic E-state index is 0.349. The summed E-state index contributed by atoms with van der Waals surface area (Å²) >= 11 is 0. The van der Waals surface area contributed by atoms with Gasteiger partial charge in [-0.15, -0.1) is 13.2 Å². The van der Waals surface area contributed by atoms with Gasteiger partial charge in [-0.25, -0.2) is 4.79 Å². The number of anilines is 1. The highest BCUT2D eigenvalue weighted by atomic mass is 19.4. The summed E-state index contributed by atoms with van der Waals surface area (Å²) in [6.07, 6.45) is -4.11. The molecule has 8 heteroatoms. The number of ether oxygens (including phenoxy) is 2. The number of rotatable bonds is 6. The number of benzene rings is 2. The molecule has 0 saturated heterocycles. The van der Waals surface area contributed by atoms with Crippen molar-refractivity contribution in [3.05, 3.63) is 54.1 Å². The molecule has 2 rings (SSSR count). The molecule has 0 aliphatic rings. The lowest BCUT2D eigenvalue weighted by Crippen LogP contribution is -2.30. The van der Waals surface area contributed by atoms with Gasteiger partial charge in [0.1, 0.15) is 11.5 Å². The second-order valence-electron chi connectivity index (χ2n) is 5.05. The van der Waals surface area contributed by atoms with Crippen LogP contribution in [0.25, 0.3) is 0 Å². The third-order valence-corrected chi connectivity index (χ3v) is 3.20. The first-order chi connectivity index (χ1) is 11.9. The van der Waals surface area contributed by atoms with Crippen LogP contribution in [0.5, 0.6) is 11.5 Å². The molecular weight excluding hydrogens is 337 g/mol. The molecule has 0 bridgehead atoms. The van der Waals surface area contributed by atoms with E-state index in [-0.39, 0.29) is 5.75 Å². The standard InChI is InChI=1S/C17H17F3N2O3/c1-24-14-6-2-12(3-7-14)10-11-21-16(23)22-13-4-8-15(9-5-13)25-17(18,19)20/h2-9H,10-11H2,1H3,(H2,21,22,23). The quantitative estimate of drug-likeness (QED) is 0.826. The summed E-state index contributed by atoms with van der Waals surface area (Å²) in [5.74, 6) is 0.408. The SMILES string of the molecule is COc1ccc(CCNC(=O)Nc2ccc(OC(F)(F)F)cc2)cc1. The predicted molar refractivity (Wildman–Crippen MR) is 86.8 cm³/mol. The zero-order chi connectivity index (χ0) is 18.3. The van der Waals surface area contributed by atoms with Crippen LogP contribution < -0.4 is 20.1 Å². The van der Waals surface area contributed by atoms with Crippen molar-refractivity contribution in [2.24, 2.45) is 0 Å². The van der Waals surface area contributed by atoms with E-state index >= 15 is 0 Å². The predicted octanol–water partition coefficient (Wildman–Crippen LogP) is 3.96. The fourth-order valence-electron chi connectivity index (χ4n) is 2.03. The summed E-state index contributed by atoms with van der Waals surface area (Å²) in [5, 5.41) is 5.20. The average Bonchev–Trinajstić information content (AvgIpc) is 2.56. The van der Waals surface area contributed by atoms with Crippen molar-refractivity contribution in [2.45, 2.75) is 12.8 Å². The smallest absolute Gasteiger partial charge is 0.497 e. The molecule has 134 valence electrons. The molecule has 0 aromatic heterocycles. The van der Waals surface area contributed by atoms with Gasteiger partial charge in [0, 0.05) is 12.2 Å². The molecule has 0 spiro atoms. The number of halogens is 3. The average molecular weight is 354 g/mol. The maximum Gasteiger partial charge on any atom is 0.573 e. The highest BCUT2D eigenvalue weighted by Gasteiger charge is 2.30. The topological polar surface area (TPSA) is 59.6 Å². The molecule has 0 atom stereocenters. The van der Waals surface area contributed by atoms with Crippen molar-refractivity contribution < 1.29 is 27.4 Å². The molecule has 2 amide bonds. The van der Waals surface area contributed by atoms with Crippen molar-refractivity contribution >= 4 is 11.7 Å². The normalized spacial score (nSPS) is 10.9. The van der Waals surface area contributed by atoms with Crippen LogP contribution in [0.15, 0.2) is 48.5 Å². The highest BCUT2D eigenvalue weighted by molar-refractivity contribution is 5.89. The van der Waals surface area contributed by atoms with Crippen molar-refractivity contribution in [3.8, 4) is 11.5 Å². The van der Waals surface area contributed by atoms with Crippen molar-refractivity contribution in [3.63, 3.8) is 0 Å². The molecule has 25 heavy (non-hydrogen) atoms. The summed E-state index contributed by atoms with van der Waals surface area (Å²) in [4.78, 5) is 11.8. The summed E-state index contributed by atoms with van der Waals surface area (Å²) in [6.45, 7) is 0.410. The van der Waals surface area contributed by atoms with Gasteiger partial charge in [0.2, 0.25) is 0 Å². The van der Waals surface area contributed by atoms with Gasteiger partial charge in [0.15, 0.2) is 0 Å². The Kier molecular flexibility index (Phi) is 6.10. The Labute approximate surface area is 142 Å². The van der Waals surface area contributed by atoms with Crippen LogP contribution in [0.2, 0.25) is 0 Å². The number of amides is 2. The molecule has 2 aromatic rings. The van der Waals surface area contributed by atoms with E-state index < -0.39 is 12.4 Å². The van der Waals surface area contributed by atoms with Crippen molar-refractivity contribution in [2.75, 3.05) is 19.0 Å². The number of nitrogens with one attached hydrogen (secondary N) is 2. The molecular formula is C17H17F3N2O3. The molecule has 5 nitrogen and oxygen atoms in total. The van der Waals surface area contributed by atoms with E-state index in [0.717, 1.165) is 23.4 Å². The van der Waals surface area contributed by atoms with E-state index in [9.17, 15) is 18.0 Å². The van der Waals surface area contributed by atoms with E-state index in [1.165, 1.54) is 12.1 Å². The van der Waals surface area contributed by atoms with E-state index in [2.05, 4.69) is 15.4 Å². The van der Waals surface area contributed by atoms with Gasteiger partial charge >= 0.3 is 12.4 Å². The molecule has 0 aliphatic heterocycles. The fourth-order valence-corrected chi connectivity index (χ4v) is 2.03.